The predicted octanol–water partition coefficient (Wildman–Crippen LogP) is 2.49. The smallest absolute Gasteiger partial charge is 0.407 e. The van der Waals surface area contributed by atoms with E-state index in [4.69, 9.17) is 4.74 Å². The van der Waals surface area contributed by atoms with Crippen LogP contribution in [0, 0.1) is 0 Å². The quantitative estimate of drug-likeness (QED) is 0.648. The van der Waals surface area contributed by atoms with E-state index in [1.165, 1.54) is 12.1 Å². The summed E-state index contributed by atoms with van der Waals surface area (Å²) in [6.07, 6.45) is 0.321. The molecule has 6 nitrogen and oxygen atoms in total. The highest BCUT2D eigenvalue weighted by molar-refractivity contribution is 5.68. The summed E-state index contributed by atoms with van der Waals surface area (Å²) in [4.78, 5) is 11.7. The second-order valence-corrected chi connectivity index (χ2v) is 6.20. The number of phenolic OH excluding ortho intramolecular Hbond substituents is 2. The predicted molar refractivity (Wildman–Crippen MR) is 84.9 cm³/mol. The summed E-state index contributed by atoms with van der Waals surface area (Å²) in [5.74, 6) is 0.0694. The molecule has 1 rings (SSSR count). The molecule has 124 valence electrons. The molecule has 1 aromatic carbocycles. The van der Waals surface area contributed by atoms with Gasteiger partial charge in [0.05, 0.1) is 0 Å². The fourth-order valence-corrected chi connectivity index (χ4v) is 1.85. The first-order valence-electron chi connectivity index (χ1n) is 7.42. The second-order valence-electron chi connectivity index (χ2n) is 6.20. The van der Waals surface area contributed by atoms with Gasteiger partial charge in [-0.3, -0.25) is 0 Å². The Morgan fingerprint density at radius 1 is 1.32 bits per heavy atom. The van der Waals surface area contributed by atoms with Gasteiger partial charge in [0.25, 0.3) is 0 Å². The maximum atomic E-state index is 11.7. The molecule has 0 aliphatic heterocycles. The van der Waals surface area contributed by atoms with Crippen LogP contribution in [-0.2, 0) is 11.3 Å². The van der Waals surface area contributed by atoms with Crippen molar-refractivity contribution >= 4 is 6.09 Å². The van der Waals surface area contributed by atoms with E-state index < -0.39 is 11.7 Å². The first kappa shape index (κ1) is 18.1. The lowest BCUT2D eigenvalue weighted by atomic mass is 10.1. The number of hydrogen-bond acceptors (Lipinski definition) is 5. The molecule has 0 aromatic heterocycles. The van der Waals surface area contributed by atoms with Crippen molar-refractivity contribution in [1.82, 2.24) is 10.6 Å². The van der Waals surface area contributed by atoms with Gasteiger partial charge in [0, 0.05) is 30.8 Å². The third-order valence-electron chi connectivity index (χ3n) is 2.99. The van der Waals surface area contributed by atoms with Crippen molar-refractivity contribution in [2.24, 2.45) is 0 Å². The van der Waals surface area contributed by atoms with Gasteiger partial charge in [-0.1, -0.05) is 13.0 Å². The Labute approximate surface area is 131 Å². The van der Waals surface area contributed by atoms with Gasteiger partial charge in [-0.15, -0.1) is 0 Å². The molecule has 0 heterocycles. The Morgan fingerprint density at radius 2 is 2.00 bits per heavy atom. The number of rotatable bonds is 6. The Bertz CT molecular complexity index is 497. The fraction of sp³-hybridized carbons (Fsp3) is 0.562. The summed E-state index contributed by atoms with van der Waals surface area (Å²) >= 11 is 0. The van der Waals surface area contributed by atoms with Crippen LogP contribution in [0.15, 0.2) is 18.2 Å². The maximum absolute atomic E-state index is 11.7. The minimum atomic E-state index is -0.520. The average molecular weight is 310 g/mol. The van der Waals surface area contributed by atoms with E-state index in [1.54, 1.807) is 6.07 Å². The van der Waals surface area contributed by atoms with Gasteiger partial charge >= 0.3 is 6.09 Å². The van der Waals surface area contributed by atoms with Crippen LogP contribution in [0.5, 0.6) is 11.5 Å². The molecule has 0 aliphatic carbocycles. The molecule has 0 spiro atoms. The Balaban J connectivity index is 2.42. The number of ether oxygens (including phenoxy) is 1. The minimum Gasteiger partial charge on any atom is -0.508 e. The fourth-order valence-electron chi connectivity index (χ4n) is 1.85. The monoisotopic (exact) mass is 310 g/mol. The first-order valence-corrected chi connectivity index (χ1v) is 7.42. The van der Waals surface area contributed by atoms with Gasteiger partial charge < -0.3 is 25.6 Å². The van der Waals surface area contributed by atoms with Gasteiger partial charge in [0.1, 0.15) is 17.1 Å². The third-order valence-corrected chi connectivity index (χ3v) is 2.99. The van der Waals surface area contributed by atoms with Crippen molar-refractivity contribution in [3.63, 3.8) is 0 Å². The lowest BCUT2D eigenvalue weighted by Crippen LogP contribution is -2.43. The van der Waals surface area contributed by atoms with Gasteiger partial charge in [0.15, 0.2) is 0 Å². The third kappa shape index (κ3) is 6.67. The van der Waals surface area contributed by atoms with Gasteiger partial charge in [-0.2, -0.15) is 0 Å². The number of alkyl carbamates (subject to hydrolysis) is 1. The molecular weight excluding hydrogens is 284 g/mol. The molecule has 1 aromatic rings. The zero-order valence-corrected chi connectivity index (χ0v) is 13.6. The second kappa shape index (κ2) is 7.89. The van der Waals surface area contributed by atoms with Crippen molar-refractivity contribution in [2.45, 2.75) is 52.3 Å². The number of phenols is 2. The first-order chi connectivity index (χ1) is 10.2. The van der Waals surface area contributed by atoms with Crippen molar-refractivity contribution in [2.75, 3.05) is 6.54 Å². The summed E-state index contributed by atoms with van der Waals surface area (Å²) in [6.45, 7) is 8.43. The molecule has 22 heavy (non-hydrogen) atoms. The normalized spacial score (nSPS) is 12.7. The summed E-state index contributed by atoms with van der Waals surface area (Å²) < 4.78 is 5.22. The molecule has 0 saturated heterocycles. The lowest BCUT2D eigenvalue weighted by molar-refractivity contribution is 0.0502. The van der Waals surface area contributed by atoms with Crippen molar-refractivity contribution in [3.05, 3.63) is 23.8 Å². The molecule has 0 fully saturated rings. The zero-order chi connectivity index (χ0) is 16.8. The molecular formula is C16H26N2O4. The molecule has 6 heteroatoms. The highest BCUT2D eigenvalue weighted by Crippen LogP contribution is 2.22. The number of amides is 1. The number of carbonyl (C=O) groups is 1. The molecule has 0 aliphatic rings. The molecule has 1 amide bonds. The Kier molecular flexibility index (Phi) is 6.49. The van der Waals surface area contributed by atoms with E-state index in [1.807, 2.05) is 27.7 Å². The Morgan fingerprint density at radius 3 is 2.55 bits per heavy atom. The average Bonchev–Trinajstić information content (AvgIpc) is 2.37. The van der Waals surface area contributed by atoms with Crippen LogP contribution < -0.4 is 10.6 Å². The van der Waals surface area contributed by atoms with E-state index in [-0.39, 0.29) is 17.5 Å². The highest BCUT2D eigenvalue weighted by Gasteiger charge is 2.18. The van der Waals surface area contributed by atoms with E-state index in [9.17, 15) is 15.0 Å². The minimum absolute atomic E-state index is 0.0271. The summed E-state index contributed by atoms with van der Waals surface area (Å²) in [5.41, 5.74) is 0.165. The molecule has 1 atom stereocenters. The van der Waals surface area contributed by atoms with Crippen molar-refractivity contribution in [3.8, 4) is 11.5 Å². The SMILES string of the molecule is CCC(CNCc1ccc(O)cc1O)NC(=O)OC(C)(C)C. The van der Waals surface area contributed by atoms with Crippen LogP contribution in [0.4, 0.5) is 4.79 Å². The van der Waals surface area contributed by atoms with Crippen molar-refractivity contribution < 1.29 is 19.7 Å². The van der Waals surface area contributed by atoms with E-state index >= 15 is 0 Å². The van der Waals surface area contributed by atoms with Crippen LogP contribution >= 0.6 is 0 Å². The van der Waals surface area contributed by atoms with Crippen LogP contribution in [0.2, 0.25) is 0 Å². The van der Waals surface area contributed by atoms with Gasteiger partial charge in [0.2, 0.25) is 0 Å². The maximum Gasteiger partial charge on any atom is 0.407 e. The van der Waals surface area contributed by atoms with Crippen LogP contribution in [-0.4, -0.2) is 34.5 Å². The lowest BCUT2D eigenvalue weighted by Gasteiger charge is -2.23. The molecule has 1 unspecified atom stereocenters. The number of nitrogens with one attached hydrogen (secondary N) is 2. The van der Waals surface area contributed by atoms with Crippen LogP contribution in [0.3, 0.4) is 0 Å². The van der Waals surface area contributed by atoms with Gasteiger partial charge in [-0.25, -0.2) is 4.79 Å². The number of carbonyl (C=O) groups excluding carboxylic acids is 1. The largest absolute Gasteiger partial charge is 0.508 e. The van der Waals surface area contributed by atoms with E-state index in [2.05, 4.69) is 10.6 Å². The van der Waals surface area contributed by atoms with Crippen molar-refractivity contribution in [1.29, 1.82) is 0 Å². The molecule has 0 radical (unpaired) electrons. The number of benzene rings is 1. The standard InChI is InChI=1S/C16H26N2O4/c1-5-12(18-15(21)22-16(2,3)4)10-17-9-11-6-7-13(19)8-14(11)20/h6-8,12,17,19-20H,5,9-10H2,1-4H3,(H,18,21). The molecule has 4 N–H and O–H groups in total. The summed E-state index contributed by atoms with van der Waals surface area (Å²) in [5, 5.41) is 24.9. The summed E-state index contributed by atoms with van der Waals surface area (Å²) in [7, 11) is 0. The van der Waals surface area contributed by atoms with E-state index in [0.717, 1.165) is 6.42 Å². The number of hydrogen-bond donors (Lipinski definition) is 4. The topological polar surface area (TPSA) is 90.8 Å². The van der Waals surface area contributed by atoms with E-state index in [0.29, 0.717) is 18.7 Å². The highest BCUT2D eigenvalue weighted by atomic mass is 16.6. The molecule has 0 saturated carbocycles. The molecule has 0 bridgehead atoms. The number of aromatic hydroxyl groups is 2. The van der Waals surface area contributed by atoms with Crippen LogP contribution in [0.1, 0.15) is 39.7 Å². The zero-order valence-electron chi connectivity index (χ0n) is 13.6. The van der Waals surface area contributed by atoms with Crippen LogP contribution in [0.25, 0.3) is 0 Å². The van der Waals surface area contributed by atoms with Gasteiger partial charge in [-0.05, 0) is 33.3 Å². The summed E-state index contributed by atoms with van der Waals surface area (Å²) in [6, 6.07) is 4.41. The Hall–Kier alpha value is -1.95.